The quantitative estimate of drug-likeness (QED) is 0.756. The van der Waals surface area contributed by atoms with Gasteiger partial charge in [-0.05, 0) is 43.2 Å². The first kappa shape index (κ1) is 19.1. The van der Waals surface area contributed by atoms with Crippen LogP contribution in [0.3, 0.4) is 0 Å². The van der Waals surface area contributed by atoms with Crippen LogP contribution in [0.4, 0.5) is 16.2 Å². The molecule has 3 fully saturated rings. The van der Waals surface area contributed by atoms with Gasteiger partial charge >= 0.3 is 6.03 Å². The summed E-state index contributed by atoms with van der Waals surface area (Å²) in [7, 11) is 0. The number of nitrogens with zero attached hydrogens (tertiary/aromatic N) is 4. The van der Waals surface area contributed by atoms with E-state index in [1.165, 1.54) is 19.3 Å². The van der Waals surface area contributed by atoms with Crippen molar-refractivity contribution in [3.63, 3.8) is 0 Å². The number of carbonyl (C=O) groups excluding carboxylic acids is 1. The van der Waals surface area contributed by atoms with E-state index in [9.17, 15) is 4.79 Å². The molecule has 7 heteroatoms. The van der Waals surface area contributed by atoms with Gasteiger partial charge in [0.05, 0.1) is 6.61 Å². The van der Waals surface area contributed by atoms with E-state index in [-0.39, 0.29) is 6.03 Å². The highest BCUT2D eigenvalue weighted by atomic mass is 16.7. The van der Waals surface area contributed by atoms with Crippen LogP contribution in [0.15, 0.2) is 42.7 Å². The Morgan fingerprint density at radius 1 is 0.935 bits per heavy atom. The number of amides is 2. The molecule has 0 radical (unpaired) electrons. The molecule has 4 aliphatic rings. The summed E-state index contributed by atoms with van der Waals surface area (Å²) in [5.41, 5.74) is 2.78. The van der Waals surface area contributed by atoms with Gasteiger partial charge in [-0.2, -0.15) is 0 Å². The molecule has 3 aliphatic heterocycles. The second kappa shape index (κ2) is 7.50. The molecule has 0 unspecified atom stereocenters. The number of hydrogen-bond acceptors (Lipinski definition) is 5. The van der Waals surface area contributed by atoms with Crippen LogP contribution < -0.4 is 14.5 Å². The summed E-state index contributed by atoms with van der Waals surface area (Å²) in [5, 5.41) is 0. The van der Waals surface area contributed by atoms with Crippen LogP contribution >= 0.6 is 0 Å². The van der Waals surface area contributed by atoms with E-state index in [4.69, 9.17) is 9.47 Å². The van der Waals surface area contributed by atoms with Crippen molar-refractivity contribution in [1.29, 1.82) is 0 Å². The lowest BCUT2D eigenvalue weighted by molar-refractivity contribution is -0.231. The number of fused-ring (bicyclic) bond motifs is 1. The van der Waals surface area contributed by atoms with Gasteiger partial charge in [0.15, 0.2) is 0 Å². The van der Waals surface area contributed by atoms with Gasteiger partial charge in [-0.3, -0.25) is 19.7 Å². The highest BCUT2D eigenvalue weighted by molar-refractivity contribution is 6.06. The van der Waals surface area contributed by atoms with Gasteiger partial charge in [-0.25, -0.2) is 4.79 Å². The van der Waals surface area contributed by atoms with E-state index in [1.54, 1.807) is 17.3 Å². The normalized spacial score (nSPS) is 23.5. The van der Waals surface area contributed by atoms with Crippen LogP contribution in [0.25, 0.3) is 0 Å². The van der Waals surface area contributed by atoms with Crippen molar-refractivity contribution < 1.29 is 14.3 Å². The number of pyridine rings is 1. The first-order chi connectivity index (χ1) is 15.2. The van der Waals surface area contributed by atoms with Crippen molar-refractivity contribution in [3.8, 4) is 5.75 Å². The average molecular weight is 421 g/mol. The van der Waals surface area contributed by atoms with Crippen molar-refractivity contribution in [2.45, 2.75) is 50.5 Å². The predicted octanol–water partition coefficient (Wildman–Crippen LogP) is 3.78. The zero-order valence-corrected chi connectivity index (χ0v) is 17.7. The monoisotopic (exact) mass is 420 g/mol. The number of anilines is 2. The number of ether oxygens (including phenoxy) is 2. The number of hydrogen-bond donors (Lipinski definition) is 0. The topological polar surface area (TPSA) is 58.1 Å². The molecule has 0 N–H and O–H groups in total. The number of rotatable bonds is 3. The summed E-state index contributed by atoms with van der Waals surface area (Å²) in [6.45, 7) is 3.94. The number of carbonyl (C=O) groups is 1. The molecule has 1 aromatic heterocycles. The molecular weight excluding hydrogens is 392 g/mol. The van der Waals surface area contributed by atoms with E-state index in [0.29, 0.717) is 19.7 Å². The van der Waals surface area contributed by atoms with E-state index >= 15 is 0 Å². The summed E-state index contributed by atoms with van der Waals surface area (Å²) in [5.74, 6) is 0.404. The van der Waals surface area contributed by atoms with Crippen molar-refractivity contribution in [2.24, 2.45) is 0 Å². The molecule has 1 saturated carbocycles. The molecule has 4 heterocycles. The maximum absolute atomic E-state index is 13.0. The molecule has 0 atom stereocenters. The fraction of sp³-hybridized carbons (Fsp3) is 0.500. The van der Waals surface area contributed by atoms with Gasteiger partial charge in [-0.15, -0.1) is 0 Å². The van der Waals surface area contributed by atoms with Crippen LogP contribution in [-0.2, 0) is 11.3 Å². The van der Waals surface area contributed by atoms with Crippen LogP contribution in [0.5, 0.6) is 5.75 Å². The Morgan fingerprint density at radius 3 is 2.39 bits per heavy atom. The van der Waals surface area contributed by atoms with Crippen molar-refractivity contribution >= 4 is 17.4 Å². The van der Waals surface area contributed by atoms with E-state index in [1.807, 2.05) is 35.2 Å². The molecule has 6 rings (SSSR count). The Labute approximate surface area is 182 Å². The Hall–Kier alpha value is -2.64. The van der Waals surface area contributed by atoms with Crippen LogP contribution in [0.2, 0.25) is 0 Å². The predicted molar refractivity (Wildman–Crippen MR) is 117 cm³/mol. The first-order valence-corrected chi connectivity index (χ1v) is 11.4. The van der Waals surface area contributed by atoms with Gasteiger partial charge in [0, 0.05) is 74.4 Å². The molecule has 1 spiro atoms. The lowest BCUT2D eigenvalue weighted by atomic mass is 9.89. The number of likely N-dealkylation sites (tertiary alicyclic amines) is 1. The summed E-state index contributed by atoms with van der Waals surface area (Å²) in [6.07, 6.45) is 9.31. The Bertz CT molecular complexity index is 970. The molecule has 7 nitrogen and oxygen atoms in total. The summed E-state index contributed by atoms with van der Waals surface area (Å²) in [4.78, 5) is 23.3. The molecule has 162 valence electrons. The van der Waals surface area contributed by atoms with Crippen molar-refractivity contribution in [1.82, 2.24) is 9.88 Å². The minimum absolute atomic E-state index is 0.0105. The van der Waals surface area contributed by atoms with E-state index in [0.717, 1.165) is 54.7 Å². The van der Waals surface area contributed by atoms with E-state index in [2.05, 4.69) is 9.88 Å². The zero-order valence-electron chi connectivity index (χ0n) is 17.7. The maximum atomic E-state index is 13.0. The number of benzene rings is 1. The Balaban J connectivity index is 1.15. The number of urea groups is 1. The lowest BCUT2D eigenvalue weighted by Gasteiger charge is -2.47. The highest BCUT2D eigenvalue weighted by Gasteiger charge is 2.43. The molecule has 2 amide bonds. The van der Waals surface area contributed by atoms with Crippen LogP contribution in [-0.4, -0.2) is 53.9 Å². The third-order valence-corrected chi connectivity index (χ3v) is 7.28. The largest absolute Gasteiger partial charge is 0.462 e. The highest BCUT2D eigenvalue weighted by Crippen LogP contribution is 2.40. The summed E-state index contributed by atoms with van der Waals surface area (Å²) in [6, 6.07) is 10.5. The van der Waals surface area contributed by atoms with Crippen molar-refractivity contribution in [3.05, 3.63) is 48.3 Å². The Kier molecular flexibility index (Phi) is 4.61. The lowest BCUT2D eigenvalue weighted by Crippen LogP contribution is -2.54. The third-order valence-electron chi connectivity index (χ3n) is 7.28. The molecular formula is C24H28N4O3. The van der Waals surface area contributed by atoms with Crippen LogP contribution in [0.1, 0.15) is 37.7 Å². The van der Waals surface area contributed by atoms with Crippen molar-refractivity contribution in [2.75, 3.05) is 36.0 Å². The number of piperidine rings is 1. The minimum Gasteiger partial charge on any atom is -0.462 e. The molecule has 1 aromatic carbocycles. The van der Waals surface area contributed by atoms with Gasteiger partial charge in [0.2, 0.25) is 5.79 Å². The first-order valence-electron chi connectivity index (χ1n) is 11.4. The van der Waals surface area contributed by atoms with E-state index < -0.39 is 5.79 Å². The smallest absolute Gasteiger partial charge is 0.329 e. The molecule has 2 saturated heterocycles. The molecule has 0 bridgehead atoms. The average Bonchev–Trinajstić information content (AvgIpc) is 3.16. The maximum Gasteiger partial charge on any atom is 0.329 e. The fourth-order valence-electron chi connectivity index (χ4n) is 5.15. The SMILES string of the molecule is O=C1N(c2ccncc2)CCN1c1ccc2c(c1)COC1(CCN(C3CCC3)CC1)O2. The van der Waals surface area contributed by atoms with Gasteiger partial charge in [0.25, 0.3) is 0 Å². The summed E-state index contributed by atoms with van der Waals surface area (Å²) < 4.78 is 12.7. The minimum atomic E-state index is -0.490. The fourth-order valence-corrected chi connectivity index (χ4v) is 5.15. The zero-order chi connectivity index (χ0) is 20.8. The summed E-state index contributed by atoms with van der Waals surface area (Å²) >= 11 is 0. The second-order valence-corrected chi connectivity index (χ2v) is 9.01. The Morgan fingerprint density at radius 2 is 1.68 bits per heavy atom. The molecule has 2 aromatic rings. The van der Waals surface area contributed by atoms with Gasteiger partial charge in [0.1, 0.15) is 5.75 Å². The third kappa shape index (κ3) is 3.36. The molecule has 31 heavy (non-hydrogen) atoms. The molecule has 1 aliphatic carbocycles. The van der Waals surface area contributed by atoms with Gasteiger partial charge < -0.3 is 9.47 Å². The standard InChI is InChI=1S/C24H28N4O3/c29-23-27(20-6-10-25-11-7-20)14-15-28(23)21-4-5-22-18(16-21)17-30-24(31-22)8-12-26(13-9-24)19-2-1-3-19/h4-7,10-11,16,19H,1-3,8-9,12-15,17H2. The second-order valence-electron chi connectivity index (χ2n) is 9.01. The van der Waals surface area contributed by atoms with Crippen LogP contribution in [0, 0.1) is 0 Å². The van der Waals surface area contributed by atoms with Gasteiger partial charge in [-0.1, -0.05) is 6.42 Å². The number of aromatic nitrogens is 1.